The molecule has 0 aliphatic carbocycles. The van der Waals surface area contributed by atoms with Gasteiger partial charge in [0.25, 0.3) is 0 Å². The molecule has 0 aliphatic rings. The van der Waals surface area contributed by atoms with Crippen LogP contribution >= 0.6 is 11.3 Å². The number of nitrogens with one attached hydrogen (secondary N) is 1. The van der Waals surface area contributed by atoms with Gasteiger partial charge in [-0.25, -0.2) is 14.8 Å². The van der Waals surface area contributed by atoms with E-state index in [1.165, 1.54) is 11.3 Å². The maximum Gasteiger partial charge on any atom is 0.407 e. The lowest BCUT2D eigenvalue weighted by Crippen LogP contribution is -2.29. The van der Waals surface area contributed by atoms with Crippen LogP contribution in [0.1, 0.15) is 13.8 Å². The number of carbonyl (C=O) groups excluding carboxylic acids is 1. The first-order valence-corrected chi connectivity index (χ1v) is 7.14. The van der Waals surface area contributed by atoms with Crippen molar-refractivity contribution in [3.05, 3.63) is 17.6 Å². The molecule has 0 aliphatic heterocycles. The summed E-state index contributed by atoms with van der Waals surface area (Å²) in [6.07, 6.45) is -0.428. The highest BCUT2D eigenvalue weighted by Gasteiger charge is 2.04. The predicted octanol–water partition coefficient (Wildman–Crippen LogP) is 2.25. The van der Waals surface area contributed by atoms with E-state index in [1.54, 1.807) is 6.07 Å². The van der Waals surface area contributed by atoms with E-state index in [2.05, 4.69) is 20.8 Å². The van der Waals surface area contributed by atoms with Gasteiger partial charge in [0.1, 0.15) is 17.0 Å². The van der Waals surface area contributed by atoms with E-state index in [0.717, 1.165) is 10.3 Å². The zero-order chi connectivity index (χ0) is 14.4. The summed E-state index contributed by atoms with van der Waals surface area (Å²) >= 11 is 1.34. The number of alkyl carbamates (subject to hydrolysis) is 1. The summed E-state index contributed by atoms with van der Waals surface area (Å²) in [7, 11) is 0. The van der Waals surface area contributed by atoms with Gasteiger partial charge in [0, 0.05) is 6.07 Å². The van der Waals surface area contributed by atoms with Crippen molar-refractivity contribution in [2.45, 2.75) is 13.8 Å². The molecule has 6 nitrogen and oxygen atoms in total. The minimum absolute atomic E-state index is 0.323. The van der Waals surface area contributed by atoms with Gasteiger partial charge < -0.3 is 14.8 Å². The summed E-state index contributed by atoms with van der Waals surface area (Å²) in [5, 5.41) is 2.61. The number of carbonyl (C=O) groups is 1. The topological polar surface area (TPSA) is 73.3 Å². The van der Waals surface area contributed by atoms with Crippen molar-refractivity contribution in [3.63, 3.8) is 0 Å². The van der Waals surface area contributed by atoms with Crippen LogP contribution in [0, 0.1) is 11.4 Å². The van der Waals surface area contributed by atoms with Crippen LogP contribution in [-0.4, -0.2) is 35.8 Å². The fraction of sp³-hybridized carbons (Fsp3) is 0.462. The first kappa shape index (κ1) is 14.5. The van der Waals surface area contributed by atoms with Crippen LogP contribution in [0.25, 0.3) is 10.3 Å². The van der Waals surface area contributed by atoms with Crippen molar-refractivity contribution < 1.29 is 14.3 Å². The van der Waals surface area contributed by atoms with Crippen molar-refractivity contribution in [2.24, 2.45) is 5.92 Å². The van der Waals surface area contributed by atoms with Crippen LogP contribution in [-0.2, 0) is 4.74 Å². The van der Waals surface area contributed by atoms with Crippen molar-refractivity contribution in [2.75, 3.05) is 19.8 Å². The second-order valence-electron chi connectivity index (χ2n) is 4.55. The quantitative estimate of drug-likeness (QED) is 0.827. The molecule has 2 aromatic heterocycles. The van der Waals surface area contributed by atoms with Gasteiger partial charge in [-0.15, -0.1) is 0 Å². The number of hydrogen-bond acceptors (Lipinski definition) is 6. The third-order valence-corrected chi connectivity index (χ3v) is 2.97. The number of rotatable bonds is 6. The molecule has 0 atom stereocenters. The first-order chi connectivity index (χ1) is 9.65. The number of thiazole rings is 1. The average Bonchev–Trinajstić information content (AvgIpc) is 2.88. The summed E-state index contributed by atoms with van der Waals surface area (Å²) in [6.45, 7) is 5.07. The molecule has 7 heteroatoms. The van der Waals surface area contributed by atoms with E-state index < -0.39 is 6.09 Å². The lowest BCUT2D eigenvalue weighted by atomic mass is 10.2. The van der Waals surface area contributed by atoms with E-state index in [4.69, 9.17) is 9.47 Å². The Morgan fingerprint density at radius 1 is 1.50 bits per heavy atom. The molecular formula is C13H16N3O3S. The Hall–Kier alpha value is -1.89. The molecule has 0 bridgehead atoms. The third kappa shape index (κ3) is 4.34. The van der Waals surface area contributed by atoms with Gasteiger partial charge in [-0.05, 0) is 12.0 Å². The molecule has 0 unspecified atom stereocenters. The summed E-state index contributed by atoms with van der Waals surface area (Å²) in [4.78, 5) is 20.4. The van der Waals surface area contributed by atoms with Crippen molar-refractivity contribution >= 4 is 27.8 Å². The Morgan fingerprint density at radius 3 is 3.15 bits per heavy atom. The van der Waals surface area contributed by atoms with Gasteiger partial charge in [0.2, 0.25) is 5.88 Å². The minimum atomic E-state index is -0.428. The van der Waals surface area contributed by atoms with Crippen LogP contribution in [0.3, 0.4) is 0 Å². The molecule has 2 aromatic rings. The fourth-order valence-electron chi connectivity index (χ4n) is 1.37. The second kappa shape index (κ2) is 7.04. The smallest absolute Gasteiger partial charge is 0.407 e. The van der Waals surface area contributed by atoms with Crippen molar-refractivity contribution in [1.82, 2.24) is 15.3 Å². The molecule has 0 saturated carbocycles. The largest absolute Gasteiger partial charge is 0.476 e. The summed E-state index contributed by atoms with van der Waals surface area (Å²) in [5.41, 5.74) is 3.57. The molecule has 107 valence electrons. The van der Waals surface area contributed by atoms with Gasteiger partial charge in [-0.1, -0.05) is 25.2 Å². The molecule has 2 heterocycles. The Labute approximate surface area is 121 Å². The molecule has 0 spiro atoms. The zero-order valence-corrected chi connectivity index (χ0v) is 12.2. The monoisotopic (exact) mass is 294 g/mol. The van der Waals surface area contributed by atoms with Gasteiger partial charge in [-0.2, -0.15) is 0 Å². The Morgan fingerprint density at radius 2 is 2.35 bits per heavy atom. The van der Waals surface area contributed by atoms with Gasteiger partial charge in [-0.3, -0.25) is 0 Å². The third-order valence-electron chi connectivity index (χ3n) is 2.29. The first-order valence-electron chi connectivity index (χ1n) is 6.32. The minimum Gasteiger partial charge on any atom is -0.476 e. The van der Waals surface area contributed by atoms with Crippen molar-refractivity contribution in [1.29, 1.82) is 0 Å². The SMILES string of the molecule is CC(C)COC(=O)NCCOc1ccc2n[c]sc2n1. The molecule has 0 aromatic carbocycles. The number of aromatic nitrogens is 2. The Kier molecular flexibility index (Phi) is 5.11. The number of hydrogen-bond donors (Lipinski definition) is 1. The molecular weight excluding hydrogens is 278 g/mol. The van der Waals surface area contributed by atoms with Crippen molar-refractivity contribution in [3.8, 4) is 5.88 Å². The number of nitrogens with zero attached hydrogens (tertiary/aromatic N) is 2. The molecule has 0 fully saturated rings. The molecule has 1 radical (unpaired) electrons. The number of fused-ring (bicyclic) bond motifs is 1. The summed E-state index contributed by atoms with van der Waals surface area (Å²) < 4.78 is 10.4. The van der Waals surface area contributed by atoms with Crippen LogP contribution in [0.15, 0.2) is 12.1 Å². The maximum absolute atomic E-state index is 11.3. The molecule has 2 rings (SSSR count). The van der Waals surface area contributed by atoms with E-state index in [9.17, 15) is 4.79 Å². The molecule has 0 saturated heterocycles. The molecule has 1 N–H and O–H groups in total. The standard InChI is InChI=1S/C13H16N3O3S/c1-9(2)7-19-13(17)14-5-6-18-11-4-3-10-12(16-11)20-8-15-10/h3-4,9H,5-7H2,1-2H3,(H,14,17). The highest BCUT2D eigenvalue weighted by molar-refractivity contribution is 7.15. The van der Waals surface area contributed by atoms with Crippen LogP contribution in [0.4, 0.5) is 4.79 Å². The van der Waals surface area contributed by atoms with Crippen LogP contribution < -0.4 is 10.1 Å². The normalized spacial score (nSPS) is 10.8. The summed E-state index contributed by atoms with van der Waals surface area (Å²) in [5.74, 6) is 0.830. The van der Waals surface area contributed by atoms with E-state index in [1.807, 2.05) is 19.9 Å². The zero-order valence-electron chi connectivity index (χ0n) is 11.4. The van der Waals surface area contributed by atoms with E-state index >= 15 is 0 Å². The highest BCUT2D eigenvalue weighted by Crippen LogP contribution is 2.18. The number of ether oxygens (including phenoxy) is 2. The van der Waals surface area contributed by atoms with E-state index in [-0.39, 0.29) is 0 Å². The Bertz CT molecular complexity index is 571. The molecule has 1 amide bonds. The van der Waals surface area contributed by atoms with Crippen LogP contribution in [0.5, 0.6) is 5.88 Å². The van der Waals surface area contributed by atoms with E-state index in [0.29, 0.717) is 31.6 Å². The van der Waals surface area contributed by atoms with Gasteiger partial charge >= 0.3 is 6.09 Å². The fourth-order valence-corrected chi connectivity index (χ4v) is 1.96. The Balaban J connectivity index is 1.69. The van der Waals surface area contributed by atoms with Crippen LogP contribution in [0.2, 0.25) is 0 Å². The molecule has 20 heavy (non-hydrogen) atoms. The predicted molar refractivity (Wildman–Crippen MR) is 75.9 cm³/mol. The number of amides is 1. The lowest BCUT2D eigenvalue weighted by Gasteiger charge is -2.09. The number of pyridine rings is 1. The second-order valence-corrected chi connectivity index (χ2v) is 5.32. The van der Waals surface area contributed by atoms with Gasteiger partial charge in [0.15, 0.2) is 5.51 Å². The maximum atomic E-state index is 11.3. The average molecular weight is 294 g/mol. The lowest BCUT2D eigenvalue weighted by molar-refractivity contribution is 0.131. The highest BCUT2D eigenvalue weighted by atomic mass is 32.1. The summed E-state index contributed by atoms with van der Waals surface area (Å²) in [6, 6.07) is 3.57. The van der Waals surface area contributed by atoms with Gasteiger partial charge in [0.05, 0.1) is 13.2 Å².